The molecule has 0 bridgehead atoms. The van der Waals surface area contributed by atoms with Gasteiger partial charge in [0.1, 0.15) is 24.0 Å². The second-order valence-electron chi connectivity index (χ2n) is 8.01. The first-order valence-electron chi connectivity index (χ1n) is 11.0. The fourth-order valence-electron chi connectivity index (χ4n) is 3.82. The van der Waals surface area contributed by atoms with Crippen LogP contribution in [0, 0.1) is 18.5 Å². The summed E-state index contributed by atoms with van der Waals surface area (Å²) in [4.78, 5) is 17.1. The summed E-state index contributed by atoms with van der Waals surface area (Å²) in [6.07, 6.45) is 1.68. The number of hydrogen-bond acceptors (Lipinski definition) is 4. The minimum atomic E-state index is -0.221. The molecule has 0 radical (unpaired) electrons. The Morgan fingerprint density at radius 3 is 2.23 bits per heavy atom. The summed E-state index contributed by atoms with van der Waals surface area (Å²) >= 11 is 7.92. The van der Waals surface area contributed by atoms with Crippen molar-refractivity contribution in [3.8, 4) is 11.8 Å². The molecule has 178 valence electrons. The van der Waals surface area contributed by atoms with Gasteiger partial charge in [-0.25, -0.2) is 0 Å². The maximum Gasteiger partial charge on any atom is 0.264 e. The third-order valence-corrected chi connectivity index (χ3v) is 7.80. The van der Waals surface area contributed by atoms with Gasteiger partial charge in [0.2, 0.25) is 0 Å². The zero-order valence-electron chi connectivity index (χ0n) is 18.8. The monoisotopic (exact) mass is 753 g/mol. The van der Waals surface area contributed by atoms with Crippen molar-refractivity contribution < 1.29 is 9.53 Å². The van der Waals surface area contributed by atoms with E-state index in [1.54, 1.807) is 11.0 Å². The van der Waals surface area contributed by atoms with Crippen LogP contribution in [0.3, 0.4) is 0 Å². The lowest BCUT2D eigenvalue weighted by Gasteiger charge is -2.36. The van der Waals surface area contributed by atoms with Gasteiger partial charge in [-0.05, 0) is 98.8 Å². The van der Waals surface area contributed by atoms with E-state index < -0.39 is 0 Å². The van der Waals surface area contributed by atoms with Gasteiger partial charge in [0.15, 0.2) is 0 Å². The highest BCUT2D eigenvalue weighted by atomic mass is 127. The highest BCUT2D eigenvalue weighted by molar-refractivity contribution is 14.1. The number of rotatable bonds is 6. The molecule has 0 unspecified atom stereocenters. The largest absolute Gasteiger partial charge is 0.487 e. The molecule has 3 aromatic rings. The summed E-state index contributed by atoms with van der Waals surface area (Å²) in [5.41, 5.74) is 3.19. The van der Waals surface area contributed by atoms with Crippen molar-refractivity contribution >= 4 is 78.8 Å². The van der Waals surface area contributed by atoms with E-state index in [0.717, 1.165) is 47.3 Å². The Morgan fingerprint density at radius 2 is 1.63 bits per heavy atom. The van der Waals surface area contributed by atoms with Gasteiger partial charge >= 0.3 is 0 Å². The van der Waals surface area contributed by atoms with Crippen LogP contribution in [0.25, 0.3) is 6.08 Å². The van der Waals surface area contributed by atoms with Crippen molar-refractivity contribution in [2.75, 3.05) is 31.1 Å². The average Bonchev–Trinajstić information content (AvgIpc) is 2.88. The molecule has 1 saturated heterocycles. The number of benzene rings is 3. The number of nitriles is 1. The number of ether oxygens (including phenoxy) is 1. The number of halogens is 3. The van der Waals surface area contributed by atoms with Gasteiger partial charge in [-0.15, -0.1) is 0 Å². The van der Waals surface area contributed by atoms with E-state index >= 15 is 0 Å². The van der Waals surface area contributed by atoms with Gasteiger partial charge in [-0.1, -0.05) is 46.3 Å². The topological polar surface area (TPSA) is 56.6 Å². The van der Waals surface area contributed by atoms with E-state index in [1.807, 2.05) is 54.6 Å². The summed E-state index contributed by atoms with van der Waals surface area (Å²) in [5.74, 6) is 0.578. The highest BCUT2D eigenvalue weighted by Gasteiger charge is 2.24. The lowest BCUT2D eigenvalue weighted by Crippen LogP contribution is -2.49. The standard InChI is InChI=1S/C27H22BrI2N3O2/c28-22-8-6-19(7-9-22)18-35-26-24(29)15-20(16-25(26)30)14-21(17-31)27(34)33-12-10-32(11-13-33)23-4-2-1-3-5-23/h1-9,14-16H,10-13,18H2/b21-14-. The second-order valence-corrected chi connectivity index (χ2v) is 11.3. The van der Waals surface area contributed by atoms with Crippen LogP contribution in [0.15, 0.2) is 76.8 Å². The zero-order valence-corrected chi connectivity index (χ0v) is 24.7. The SMILES string of the molecule is N#C/C(=C/c1cc(I)c(OCc2ccc(Br)cc2)c(I)c1)C(=O)N1CCN(c2ccccc2)CC1. The van der Waals surface area contributed by atoms with Gasteiger partial charge in [0.05, 0.1) is 7.14 Å². The first kappa shape index (κ1) is 26.0. The minimum Gasteiger partial charge on any atom is -0.487 e. The smallest absolute Gasteiger partial charge is 0.264 e. The van der Waals surface area contributed by atoms with Crippen LogP contribution in [0.2, 0.25) is 0 Å². The van der Waals surface area contributed by atoms with Crippen LogP contribution in [-0.4, -0.2) is 37.0 Å². The Hall–Kier alpha value is -2.10. The lowest BCUT2D eigenvalue weighted by atomic mass is 10.1. The van der Waals surface area contributed by atoms with Gasteiger partial charge in [-0.3, -0.25) is 4.79 Å². The Labute approximate surface area is 241 Å². The molecule has 1 heterocycles. The Balaban J connectivity index is 1.43. The number of nitrogens with zero attached hydrogens (tertiary/aromatic N) is 3. The normalized spacial score (nSPS) is 13.9. The Kier molecular flexibility index (Phi) is 9.08. The van der Waals surface area contributed by atoms with Crippen LogP contribution in [0.5, 0.6) is 5.75 Å². The average molecular weight is 754 g/mol. The van der Waals surface area contributed by atoms with Crippen molar-refractivity contribution in [3.63, 3.8) is 0 Å². The van der Waals surface area contributed by atoms with Crippen molar-refractivity contribution in [2.45, 2.75) is 6.61 Å². The Bertz CT molecular complexity index is 1240. The summed E-state index contributed by atoms with van der Waals surface area (Å²) in [6, 6.07) is 24.2. The third-order valence-electron chi connectivity index (χ3n) is 5.67. The first-order chi connectivity index (χ1) is 16.9. The first-order valence-corrected chi connectivity index (χ1v) is 14.0. The quantitative estimate of drug-likeness (QED) is 0.164. The number of hydrogen-bond donors (Lipinski definition) is 0. The van der Waals surface area contributed by atoms with Gasteiger partial charge in [-0.2, -0.15) is 5.26 Å². The van der Waals surface area contributed by atoms with E-state index in [9.17, 15) is 10.1 Å². The molecule has 8 heteroatoms. The highest BCUT2D eigenvalue weighted by Crippen LogP contribution is 2.31. The number of carbonyl (C=O) groups is 1. The fraction of sp³-hybridized carbons (Fsp3) is 0.185. The Morgan fingerprint density at radius 1 is 1.00 bits per heavy atom. The summed E-state index contributed by atoms with van der Waals surface area (Å²) in [6.45, 7) is 3.13. The molecule has 0 spiro atoms. The molecule has 35 heavy (non-hydrogen) atoms. The van der Waals surface area contributed by atoms with Crippen molar-refractivity contribution in [1.29, 1.82) is 5.26 Å². The molecular weight excluding hydrogens is 732 g/mol. The second kappa shape index (κ2) is 12.2. The van der Waals surface area contributed by atoms with Crippen molar-refractivity contribution in [1.82, 2.24) is 4.90 Å². The molecule has 1 fully saturated rings. The molecule has 0 N–H and O–H groups in total. The van der Waals surface area contributed by atoms with Crippen LogP contribution in [0.1, 0.15) is 11.1 Å². The van der Waals surface area contributed by atoms with Gasteiger partial charge in [0, 0.05) is 36.3 Å². The van der Waals surface area contributed by atoms with E-state index in [0.29, 0.717) is 19.7 Å². The minimum absolute atomic E-state index is 0.147. The van der Waals surface area contributed by atoms with E-state index in [2.05, 4.69) is 84.2 Å². The van der Waals surface area contributed by atoms with E-state index in [-0.39, 0.29) is 11.5 Å². The summed E-state index contributed by atoms with van der Waals surface area (Å²) < 4.78 is 8.96. The maximum atomic E-state index is 13.1. The molecule has 0 aliphatic carbocycles. The number of para-hydroxylation sites is 1. The predicted octanol–water partition coefficient (Wildman–Crippen LogP) is 6.49. The summed E-state index contributed by atoms with van der Waals surface area (Å²) in [5, 5.41) is 9.73. The number of amides is 1. The third kappa shape index (κ3) is 6.77. The molecule has 0 aromatic heterocycles. The van der Waals surface area contributed by atoms with Gasteiger partial charge in [0.25, 0.3) is 5.91 Å². The molecule has 4 rings (SSSR count). The summed E-state index contributed by atoms with van der Waals surface area (Å²) in [7, 11) is 0. The molecular formula is C27H22BrI2N3O2. The molecule has 0 saturated carbocycles. The maximum absolute atomic E-state index is 13.1. The van der Waals surface area contributed by atoms with Crippen LogP contribution >= 0.6 is 61.1 Å². The molecule has 1 aliphatic rings. The predicted molar refractivity (Wildman–Crippen MR) is 159 cm³/mol. The molecule has 5 nitrogen and oxygen atoms in total. The van der Waals surface area contributed by atoms with E-state index in [4.69, 9.17) is 4.74 Å². The van der Waals surface area contributed by atoms with Crippen LogP contribution < -0.4 is 9.64 Å². The van der Waals surface area contributed by atoms with E-state index in [1.165, 1.54) is 0 Å². The van der Waals surface area contributed by atoms with Crippen LogP contribution in [0.4, 0.5) is 5.69 Å². The molecule has 3 aromatic carbocycles. The van der Waals surface area contributed by atoms with Crippen molar-refractivity contribution in [2.24, 2.45) is 0 Å². The molecule has 0 atom stereocenters. The zero-order chi connectivity index (χ0) is 24.8. The number of anilines is 1. The van der Waals surface area contributed by atoms with Crippen molar-refractivity contribution in [3.05, 3.63) is 95.0 Å². The number of piperazine rings is 1. The fourth-order valence-corrected chi connectivity index (χ4v) is 6.21. The lowest BCUT2D eigenvalue weighted by molar-refractivity contribution is -0.126. The number of carbonyl (C=O) groups excluding carboxylic acids is 1. The van der Waals surface area contributed by atoms with Crippen LogP contribution in [-0.2, 0) is 11.4 Å². The molecule has 1 aliphatic heterocycles. The van der Waals surface area contributed by atoms with Gasteiger partial charge < -0.3 is 14.5 Å². The molecule has 1 amide bonds.